The number of nitrogens with one attached hydrogen (secondary N) is 3. The topological polar surface area (TPSA) is 99.8 Å². The van der Waals surface area contributed by atoms with Crippen LogP contribution in [-0.2, 0) is 9.53 Å². The van der Waals surface area contributed by atoms with E-state index < -0.39 is 18.0 Å². The van der Waals surface area contributed by atoms with Gasteiger partial charge in [-0.1, -0.05) is 36.8 Å². The van der Waals surface area contributed by atoms with Crippen LogP contribution in [0.4, 0.5) is 21.0 Å². The summed E-state index contributed by atoms with van der Waals surface area (Å²) in [6.07, 6.45) is 0.749. The molecule has 168 valence electrons. The normalized spacial score (nSPS) is 15.8. The van der Waals surface area contributed by atoms with Gasteiger partial charge >= 0.3 is 18.0 Å². The molecule has 1 aliphatic heterocycles. The zero-order valence-corrected chi connectivity index (χ0v) is 18.7. The van der Waals surface area contributed by atoms with Crippen LogP contribution in [0.3, 0.4) is 0 Å². The van der Waals surface area contributed by atoms with E-state index in [2.05, 4.69) is 16.0 Å². The van der Waals surface area contributed by atoms with E-state index in [4.69, 9.17) is 4.74 Å². The molecular formula is C24H28N4O4. The van der Waals surface area contributed by atoms with E-state index in [0.717, 1.165) is 12.0 Å². The number of carbonyl (C=O) groups is 3. The molecule has 8 nitrogen and oxygen atoms in total. The molecule has 0 fully saturated rings. The van der Waals surface area contributed by atoms with Crippen molar-refractivity contribution in [3.05, 3.63) is 70.9 Å². The van der Waals surface area contributed by atoms with Gasteiger partial charge in [0.15, 0.2) is 0 Å². The summed E-state index contributed by atoms with van der Waals surface area (Å²) in [5, 5.41) is 8.45. The summed E-state index contributed by atoms with van der Waals surface area (Å²) in [5.74, 6) is -0.510. The molecule has 0 spiro atoms. The van der Waals surface area contributed by atoms with Gasteiger partial charge in [-0.2, -0.15) is 0 Å². The molecule has 3 rings (SSSR count). The molecule has 1 atom stereocenters. The van der Waals surface area contributed by atoms with E-state index in [1.54, 1.807) is 36.1 Å². The lowest BCUT2D eigenvalue weighted by atomic mass is 9.94. The second kappa shape index (κ2) is 10.00. The first-order valence-corrected chi connectivity index (χ1v) is 10.5. The number of methoxy groups -OCH3 is 1. The minimum atomic E-state index is -0.690. The number of benzene rings is 2. The number of nitrogens with zero attached hydrogens (tertiary/aromatic N) is 1. The lowest BCUT2D eigenvalue weighted by Gasteiger charge is -2.35. The highest BCUT2D eigenvalue weighted by Gasteiger charge is 2.35. The molecular weight excluding hydrogens is 408 g/mol. The second-order valence-electron chi connectivity index (χ2n) is 7.60. The zero-order chi connectivity index (χ0) is 23.3. The summed E-state index contributed by atoms with van der Waals surface area (Å²) in [6, 6.07) is 13.1. The largest absolute Gasteiger partial charge is 0.466 e. The highest BCUT2D eigenvalue weighted by atomic mass is 16.5. The zero-order valence-electron chi connectivity index (χ0n) is 18.7. The monoisotopic (exact) mass is 436 g/mol. The maximum atomic E-state index is 12.7. The van der Waals surface area contributed by atoms with Crippen LogP contribution in [0.1, 0.15) is 37.4 Å². The van der Waals surface area contributed by atoms with Crippen molar-refractivity contribution in [1.82, 2.24) is 10.2 Å². The van der Waals surface area contributed by atoms with E-state index in [0.29, 0.717) is 34.8 Å². The van der Waals surface area contributed by atoms with Gasteiger partial charge in [0.05, 0.1) is 18.7 Å². The van der Waals surface area contributed by atoms with Gasteiger partial charge in [0.25, 0.3) is 0 Å². The number of ether oxygens (including phenoxy) is 1. The Kier molecular flexibility index (Phi) is 7.14. The van der Waals surface area contributed by atoms with Crippen LogP contribution in [0, 0.1) is 6.92 Å². The predicted octanol–water partition coefficient (Wildman–Crippen LogP) is 4.56. The third kappa shape index (κ3) is 5.08. The van der Waals surface area contributed by atoms with Crippen molar-refractivity contribution in [2.45, 2.75) is 33.2 Å². The van der Waals surface area contributed by atoms with Crippen LogP contribution in [-0.4, -0.2) is 36.6 Å². The molecule has 1 heterocycles. The molecule has 0 radical (unpaired) electrons. The van der Waals surface area contributed by atoms with Gasteiger partial charge in [-0.05, 0) is 50.1 Å². The van der Waals surface area contributed by atoms with Crippen LogP contribution in [0.2, 0.25) is 0 Å². The maximum absolute atomic E-state index is 12.7. The van der Waals surface area contributed by atoms with Crippen molar-refractivity contribution in [2.75, 3.05) is 24.3 Å². The van der Waals surface area contributed by atoms with Gasteiger partial charge in [0.2, 0.25) is 0 Å². The van der Waals surface area contributed by atoms with Crippen LogP contribution < -0.4 is 16.0 Å². The SMILES string of the molecule is CCCN1C(=O)NC(c2cccc(NC(=O)Nc3ccc(C)cc3)c2)C(C(=O)OC)=C1C. The highest BCUT2D eigenvalue weighted by Crippen LogP contribution is 2.32. The van der Waals surface area contributed by atoms with E-state index >= 15 is 0 Å². The number of hydrogen-bond acceptors (Lipinski definition) is 4. The summed E-state index contributed by atoms with van der Waals surface area (Å²) in [5.41, 5.74) is 3.87. The van der Waals surface area contributed by atoms with E-state index in [1.165, 1.54) is 7.11 Å². The van der Waals surface area contributed by atoms with Crippen molar-refractivity contribution < 1.29 is 19.1 Å². The minimum absolute atomic E-state index is 0.280. The lowest BCUT2D eigenvalue weighted by Crippen LogP contribution is -2.48. The number of hydrogen-bond donors (Lipinski definition) is 3. The first-order valence-electron chi connectivity index (χ1n) is 10.5. The van der Waals surface area contributed by atoms with E-state index in [1.807, 2.05) is 38.1 Å². The number of anilines is 2. The molecule has 0 aliphatic carbocycles. The van der Waals surface area contributed by atoms with Crippen molar-refractivity contribution in [1.29, 1.82) is 0 Å². The molecule has 0 bridgehead atoms. The smallest absolute Gasteiger partial charge is 0.337 e. The molecule has 2 aromatic rings. The Morgan fingerprint density at radius 3 is 2.41 bits per heavy atom. The van der Waals surface area contributed by atoms with E-state index in [9.17, 15) is 14.4 Å². The van der Waals surface area contributed by atoms with Crippen LogP contribution >= 0.6 is 0 Å². The molecule has 3 N–H and O–H groups in total. The predicted molar refractivity (Wildman–Crippen MR) is 123 cm³/mol. The molecule has 4 amide bonds. The number of urea groups is 2. The molecule has 1 aliphatic rings. The Morgan fingerprint density at radius 1 is 1.06 bits per heavy atom. The minimum Gasteiger partial charge on any atom is -0.466 e. The molecule has 0 saturated carbocycles. The first kappa shape index (κ1) is 22.9. The quantitative estimate of drug-likeness (QED) is 0.578. The molecule has 0 saturated heterocycles. The Morgan fingerprint density at radius 2 is 1.75 bits per heavy atom. The summed E-state index contributed by atoms with van der Waals surface area (Å²) in [6.45, 7) is 6.16. The second-order valence-corrected chi connectivity index (χ2v) is 7.60. The van der Waals surface area contributed by atoms with Crippen molar-refractivity contribution >= 4 is 29.4 Å². The summed E-state index contributed by atoms with van der Waals surface area (Å²) >= 11 is 0. The average Bonchev–Trinajstić information content (AvgIpc) is 2.77. The van der Waals surface area contributed by atoms with Gasteiger partial charge in [0, 0.05) is 23.6 Å². The molecule has 0 aromatic heterocycles. The fourth-order valence-corrected chi connectivity index (χ4v) is 3.62. The Hall–Kier alpha value is -3.81. The Labute approximate surface area is 187 Å². The summed E-state index contributed by atoms with van der Waals surface area (Å²) in [4.78, 5) is 39.2. The maximum Gasteiger partial charge on any atom is 0.337 e. The third-order valence-electron chi connectivity index (χ3n) is 5.24. The van der Waals surface area contributed by atoms with Crippen molar-refractivity contribution in [3.63, 3.8) is 0 Å². The van der Waals surface area contributed by atoms with Crippen LogP contribution in [0.25, 0.3) is 0 Å². The Bertz CT molecular complexity index is 1050. The average molecular weight is 437 g/mol. The number of aryl methyl sites for hydroxylation is 1. The van der Waals surface area contributed by atoms with Gasteiger partial charge in [-0.3, -0.25) is 4.90 Å². The lowest BCUT2D eigenvalue weighted by molar-refractivity contribution is -0.136. The summed E-state index contributed by atoms with van der Waals surface area (Å²) < 4.78 is 4.99. The number of allylic oxidation sites excluding steroid dienone is 1. The van der Waals surface area contributed by atoms with Gasteiger partial charge < -0.3 is 20.7 Å². The fourth-order valence-electron chi connectivity index (χ4n) is 3.62. The molecule has 32 heavy (non-hydrogen) atoms. The number of esters is 1. The fraction of sp³-hybridized carbons (Fsp3) is 0.292. The third-order valence-corrected chi connectivity index (χ3v) is 5.24. The molecule has 8 heteroatoms. The van der Waals surface area contributed by atoms with Gasteiger partial charge in [-0.15, -0.1) is 0 Å². The van der Waals surface area contributed by atoms with Crippen molar-refractivity contribution in [2.24, 2.45) is 0 Å². The van der Waals surface area contributed by atoms with Gasteiger partial charge in [-0.25, -0.2) is 14.4 Å². The summed E-state index contributed by atoms with van der Waals surface area (Å²) in [7, 11) is 1.31. The molecule has 1 unspecified atom stereocenters. The van der Waals surface area contributed by atoms with Crippen LogP contribution in [0.15, 0.2) is 59.8 Å². The van der Waals surface area contributed by atoms with Crippen molar-refractivity contribution in [3.8, 4) is 0 Å². The number of rotatable bonds is 6. The van der Waals surface area contributed by atoms with E-state index in [-0.39, 0.29) is 6.03 Å². The number of carbonyl (C=O) groups excluding carboxylic acids is 3. The van der Waals surface area contributed by atoms with Gasteiger partial charge in [0.1, 0.15) is 0 Å². The number of amides is 4. The Balaban J connectivity index is 1.85. The van der Waals surface area contributed by atoms with Crippen LogP contribution in [0.5, 0.6) is 0 Å². The first-order chi connectivity index (χ1) is 15.3. The molecule has 2 aromatic carbocycles. The highest BCUT2D eigenvalue weighted by molar-refractivity contribution is 6.00. The standard InChI is InChI=1S/C24H28N4O4/c1-5-13-28-16(3)20(22(29)32-4)21(27-24(28)31)17-7-6-8-19(14-17)26-23(30)25-18-11-9-15(2)10-12-18/h6-12,14,21H,5,13H2,1-4H3,(H,27,31)(H2,25,26,30).